The summed E-state index contributed by atoms with van der Waals surface area (Å²) < 4.78 is 10.7. The minimum Gasteiger partial charge on any atom is -0.368 e. The lowest BCUT2D eigenvalue weighted by Crippen LogP contribution is -1.95. The summed E-state index contributed by atoms with van der Waals surface area (Å²) in [4.78, 5) is 4.36. The summed E-state index contributed by atoms with van der Waals surface area (Å²) in [6.07, 6.45) is 2.02. The molecule has 0 spiro atoms. The number of nitrogens with zero attached hydrogens (tertiary/aromatic N) is 2. The molecule has 16 heavy (non-hydrogen) atoms. The summed E-state index contributed by atoms with van der Waals surface area (Å²) in [6, 6.07) is 9.80. The molecule has 1 fully saturated rings. The maximum absolute atomic E-state index is 5.49. The first kappa shape index (κ1) is 9.54. The second-order valence-electron chi connectivity index (χ2n) is 3.82. The van der Waals surface area contributed by atoms with Crippen molar-refractivity contribution in [2.45, 2.75) is 18.9 Å². The van der Waals surface area contributed by atoms with Crippen molar-refractivity contribution in [1.29, 1.82) is 0 Å². The summed E-state index contributed by atoms with van der Waals surface area (Å²) in [7, 11) is 0. The van der Waals surface area contributed by atoms with Gasteiger partial charge in [0, 0.05) is 12.2 Å². The van der Waals surface area contributed by atoms with Gasteiger partial charge in [-0.1, -0.05) is 35.5 Å². The summed E-state index contributed by atoms with van der Waals surface area (Å²) in [5.41, 5.74) is 0.968. The Labute approximate surface area is 93.2 Å². The molecule has 1 aromatic carbocycles. The third-order valence-electron chi connectivity index (χ3n) is 2.68. The van der Waals surface area contributed by atoms with Crippen LogP contribution in [-0.4, -0.2) is 16.7 Å². The highest BCUT2D eigenvalue weighted by Crippen LogP contribution is 2.28. The van der Waals surface area contributed by atoms with Gasteiger partial charge in [-0.15, -0.1) is 0 Å². The van der Waals surface area contributed by atoms with E-state index in [-0.39, 0.29) is 6.10 Å². The lowest BCUT2D eigenvalue weighted by Gasteiger charge is -2.00. The molecule has 82 valence electrons. The number of benzene rings is 1. The highest BCUT2D eigenvalue weighted by molar-refractivity contribution is 5.53. The molecule has 0 radical (unpaired) electrons. The molecule has 0 N–H and O–H groups in total. The molecule has 4 heteroatoms. The van der Waals surface area contributed by atoms with E-state index in [0.717, 1.165) is 25.0 Å². The topological polar surface area (TPSA) is 48.2 Å². The van der Waals surface area contributed by atoms with Crippen LogP contribution in [0.2, 0.25) is 0 Å². The van der Waals surface area contributed by atoms with Crippen molar-refractivity contribution in [3.8, 4) is 11.4 Å². The van der Waals surface area contributed by atoms with E-state index in [0.29, 0.717) is 11.7 Å². The standard InChI is InChI=1S/C12H12N2O2/c1-2-5-9(6-3-1)11-13-12(16-14-11)10-7-4-8-15-10/h1-3,5-6,10H,4,7-8H2. The average Bonchev–Trinajstić information content (AvgIpc) is 3.01. The van der Waals surface area contributed by atoms with E-state index >= 15 is 0 Å². The Kier molecular flexibility index (Phi) is 2.42. The van der Waals surface area contributed by atoms with Gasteiger partial charge in [0.1, 0.15) is 6.10 Å². The van der Waals surface area contributed by atoms with Crippen molar-refractivity contribution in [3.05, 3.63) is 36.2 Å². The van der Waals surface area contributed by atoms with Crippen LogP contribution in [0.1, 0.15) is 24.8 Å². The van der Waals surface area contributed by atoms with Crippen LogP contribution >= 0.6 is 0 Å². The fourth-order valence-corrected chi connectivity index (χ4v) is 1.84. The van der Waals surface area contributed by atoms with Gasteiger partial charge in [0.05, 0.1) is 0 Å². The normalized spacial score (nSPS) is 20.1. The minimum atomic E-state index is -0.00929. The summed E-state index contributed by atoms with van der Waals surface area (Å²) in [5, 5.41) is 3.96. The summed E-state index contributed by atoms with van der Waals surface area (Å²) >= 11 is 0. The van der Waals surface area contributed by atoms with Crippen molar-refractivity contribution in [2.24, 2.45) is 0 Å². The van der Waals surface area contributed by atoms with Crippen LogP contribution in [0.3, 0.4) is 0 Å². The predicted octanol–water partition coefficient (Wildman–Crippen LogP) is 2.59. The second kappa shape index (κ2) is 4.06. The lowest BCUT2D eigenvalue weighted by atomic mass is 10.2. The van der Waals surface area contributed by atoms with E-state index < -0.39 is 0 Å². The van der Waals surface area contributed by atoms with E-state index in [1.165, 1.54) is 0 Å². The predicted molar refractivity (Wildman–Crippen MR) is 57.7 cm³/mol. The van der Waals surface area contributed by atoms with Gasteiger partial charge in [-0.3, -0.25) is 0 Å². The summed E-state index contributed by atoms with van der Waals surface area (Å²) in [5.74, 6) is 1.22. The zero-order valence-electron chi connectivity index (χ0n) is 8.80. The largest absolute Gasteiger partial charge is 0.368 e. The molecule has 1 atom stereocenters. The van der Waals surface area contributed by atoms with Gasteiger partial charge in [0.25, 0.3) is 5.89 Å². The van der Waals surface area contributed by atoms with Gasteiger partial charge in [-0.05, 0) is 12.8 Å². The zero-order chi connectivity index (χ0) is 10.8. The van der Waals surface area contributed by atoms with Crippen LogP contribution in [0, 0.1) is 0 Å². The van der Waals surface area contributed by atoms with Gasteiger partial charge < -0.3 is 9.26 Å². The van der Waals surface area contributed by atoms with Crippen LogP contribution in [-0.2, 0) is 4.74 Å². The van der Waals surface area contributed by atoms with Gasteiger partial charge in [-0.2, -0.15) is 4.98 Å². The third kappa shape index (κ3) is 1.72. The van der Waals surface area contributed by atoms with E-state index in [9.17, 15) is 0 Å². The molecule has 2 heterocycles. The fourth-order valence-electron chi connectivity index (χ4n) is 1.84. The molecule has 1 saturated heterocycles. The molecule has 1 aromatic heterocycles. The van der Waals surface area contributed by atoms with E-state index in [1.807, 2.05) is 30.3 Å². The van der Waals surface area contributed by atoms with E-state index in [2.05, 4.69) is 10.1 Å². The van der Waals surface area contributed by atoms with Crippen molar-refractivity contribution in [1.82, 2.24) is 10.1 Å². The molecule has 0 aliphatic carbocycles. The number of aromatic nitrogens is 2. The average molecular weight is 216 g/mol. The van der Waals surface area contributed by atoms with Gasteiger partial charge in [0.2, 0.25) is 5.82 Å². The maximum atomic E-state index is 5.49. The zero-order valence-corrected chi connectivity index (χ0v) is 8.80. The van der Waals surface area contributed by atoms with Crippen LogP contribution in [0.5, 0.6) is 0 Å². The Morgan fingerprint density at radius 3 is 2.81 bits per heavy atom. The number of hydrogen-bond donors (Lipinski definition) is 0. The number of hydrogen-bond acceptors (Lipinski definition) is 4. The Hall–Kier alpha value is -1.68. The molecular weight excluding hydrogens is 204 g/mol. The maximum Gasteiger partial charge on any atom is 0.256 e. The Morgan fingerprint density at radius 1 is 1.19 bits per heavy atom. The molecule has 1 aliphatic heterocycles. The first-order valence-electron chi connectivity index (χ1n) is 5.44. The molecule has 0 saturated carbocycles. The molecular formula is C12H12N2O2. The minimum absolute atomic E-state index is 0.00929. The quantitative estimate of drug-likeness (QED) is 0.774. The smallest absolute Gasteiger partial charge is 0.256 e. The van der Waals surface area contributed by atoms with Crippen LogP contribution < -0.4 is 0 Å². The van der Waals surface area contributed by atoms with Crippen molar-refractivity contribution in [2.75, 3.05) is 6.61 Å². The molecule has 3 rings (SSSR count). The Balaban J connectivity index is 1.87. The SMILES string of the molecule is c1ccc(-c2noc(C3CCCO3)n2)cc1. The summed E-state index contributed by atoms with van der Waals surface area (Å²) in [6.45, 7) is 0.785. The monoisotopic (exact) mass is 216 g/mol. The first-order chi connectivity index (χ1) is 7.93. The van der Waals surface area contributed by atoms with Gasteiger partial charge >= 0.3 is 0 Å². The second-order valence-corrected chi connectivity index (χ2v) is 3.82. The highest BCUT2D eigenvalue weighted by Gasteiger charge is 2.23. The number of ether oxygens (including phenoxy) is 1. The van der Waals surface area contributed by atoms with Crippen molar-refractivity contribution >= 4 is 0 Å². The highest BCUT2D eigenvalue weighted by atomic mass is 16.5. The number of rotatable bonds is 2. The van der Waals surface area contributed by atoms with Gasteiger partial charge in [-0.25, -0.2) is 0 Å². The van der Waals surface area contributed by atoms with E-state index in [1.54, 1.807) is 0 Å². The lowest BCUT2D eigenvalue weighted by molar-refractivity contribution is 0.0835. The van der Waals surface area contributed by atoms with Crippen LogP contribution in [0.25, 0.3) is 11.4 Å². The van der Waals surface area contributed by atoms with Gasteiger partial charge in [0.15, 0.2) is 0 Å². The molecule has 1 aliphatic rings. The van der Waals surface area contributed by atoms with Crippen molar-refractivity contribution in [3.63, 3.8) is 0 Å². The third-order valence-corrected chi connectivity index (χ3v) is 2.68. The first-order valence-corrected chi connectivity index (χ1v) is 5.44. The molecule has 2 aromatic rings. The molecule has 0 bridgehead atoms. The Bertz CT molecular complexity index is 461. The fraction of sp³-hybridized carbons (Fsp3) is 0.333. The molecule has 0 amide bonds. The molecule has 1 unspecified atom stereocenters. The van der Waals surface area contributed by atoms with Crippen molar-refractivity contribution < 1.29 is 9.26 Å². The van der Waals surface area contributed by atoms with E-state index in [4.69, 9.17) is 9.26 Å². The molecule has 4 nitrogen and oxygen atoms in total. The van der Waals surface area contributed by atoms with Crippen LogP contribution in [0.4, 0.5) is 0 Å². The van der Waals surface area contributed by atoms with Crippen LogP contribution in [0.15, 0.2) is 34.9 Å². The Morgan fingerprint density at radius 2 is 2.06 bits per heavy atom.